The highest BCUT2D eigenvalue weighted by Gasteiger charge is 2.40. The van der Waals surface area contributed by atoms with Gasteiger partial charge in [-0.25, -0.2) is 4.79 Å². The zero-order valence-electron chi connectivity index (χ0n) is 12.3. The molecule has 5 nitrogen and oxygen atoms in total. The van der Waals surface area contributed by atoms with E-state index in [0.29, 0.717) is 6.54 Å². The van der Waals surface area contributed by atoms with Crippen molar-refractivity contribution in [3.8, 4) is 6.07 Å². The molecule has 23 heavy (non-hydrogen) atoms. The maximum absolute atomic E-state index is 12.6. The van der Waals surface area contributed by atoms with Crippen LogP contribution in [0.15, 0.2) is 60.7 Å². The van der Waals surface area contributed by atoms with Crippen LogP contribution in [0.4, 0.5) is 4.79 Å². The molecule has 1 atom stereocenters. The number of hydrogen-bond donors (Lipinski definition) is 1. The molecule has 1 unspecified atom stereocenters. The van der Waals surface area contributed by atoms with Crippen LogP contribution in [0.25, 0.3) is 0 Å². The number of nitrogens with one attached hydrogen (secondary N) is 1. The van der Waals surface area contributed by atoms with Gasteiger partial charge in [0, 0.05) is 0 Å². The zero-order valence-corrected chi connectivity index (χ0v) is 12.3. The summed E-state index contributed by atoms with van der Waals surface area (Å²) in [5.74, 6) is -0.960. The van der Waals surface area contributed by atoms with Gasteiger partial charge in [0.05, 0.1) is 18.5 Å². The van der Waals surface area contributed by atoms with Crippen LogP contribution in [-0.4, -0.2) is 29.4 Å². The fraction of sp³-hybridized carbons (Fsp3) is 0.167. The standard InChI is InChI=1S/C18H15N3O2/c19-11-15-12-21(15)18(23)20-17(22)16(13-7-3-1-4-8-13)14-9-5-2-6-10-14/h1-10,15-16H,12H2,(H,20,22,23). The molecule has 1 N–H and O–H groups in total. The van der Waals surface area contributed by atoms with Crippen molar-refractivity contribution in [1.82, 2.24) is 10.2 Å². The Morgan fingerprint density at radius 3 is 2.00 bits per heavy atom. The first kappa shape index (κ1) is 14.8. The molecule has 114 valence electrons. The SMILES string of the molecule is N#CC1CN1C(=O)NC(=O)C(c1ccccc1)c1ccccc1. The van der Waals surface area contributed by atoms with Crippen molar-refractivity contribution in [2.45, 2.75) is 12.0 Å². The molecule has 3 rings (SSSR count). The van der Waals surface area contributed by atoms with Crippen LogP contribution in [0.5, 0.6) is 0 Å². The van der Waals surface area contributed by atoms with Crippen molar-refractivity contribution in [2.24, 2.45) is 0 Å². The lowest BCUT2D eigenvalue weighted by molar-refractivity contribution is -0.120. The monoisotopic (exact) mass is 305 g/mol. The minimum atomic E-state index is -0.568. The third-order valence-electron chi connectivity index (χ3n) is 3.78. The van der Waals surface area contributed by atoms with Crippen LogP contribution in [0, 0.1) is 11.3 Å². The van der Waals surface area contributed by atoms with Gasteiger partial charge in [-0.05, 0) is 11.1 Å². The molecule has 2 aromatic carbocycles. The second-order valence-corrected chi connectivity index (χ2v) is 5.35. The van der Waals surface area contributed by atoms with Crippen molar-refractivity contribution in [1.29, 1.82) is 5.26 Å². The molecular formula is C18H15N3O2. The van der Waals surface area contributed by atoms with Gasteiger partial charge in [0.25, 0.3) is 0 Å². The van der Waals surface area contributed by atoms with Gasteiger partial charge in [-0.2, -0.15) is 5.26 Å². The number of carbonyl (C=O) groups is 2. The summed E-state index contributed by atoms with van der Waals surface area (Å²) in [5.41, 5.74) is 1.62. The number of hydrogen-bond acceptors (Lipinski definition) is 3. The molecule has 0 aromatic heterocycles. The Morgan fingerprint density at radius 1 is 1.04 bits per heavy atom. The van der Waals surface area contributed by atoms with E-state index in [-0.39, 0.29) is 0 Å². The normalized spacial score (nSPS) is 15.8. The molecule has 0 spiro atoms. The smallest absolute Gasteiger partial charge is 0.303 e. The molecule has 1 heterocycles. The molecule has 1 saturated heterocycles. The summed E-state index contributed by atoms with van der Waals surface area (Å²) in [6.45, 7) is 0.372. The Kier molecular flexibility index (Phi) is 4.07. The second kappa shape index (κ2) is 6.32. The van der Waals surface area contributed by atoms with Gasteiger partial charge in [-0.3, -0.25) is 10.1 Å². The van der Waals surface area contributed by atoms with E-state index >= 15 is 0 Å². The van der Waals surface area contributed by atoms with E-state index < -0.39 is 23.9 Å². The van der Waals surface area contributed by atoms with Gasteiger partial charge in [0.1, 0.15) is 6.04 Å². The topological polar surface area (TPSA) is 73.0 Å². The van der Waals surface area contributed by atoms with Crippen molar-refractivity contribution in [3.63, 3.8) is 0 Å². The fourth-order valence-corrected chi connectivity index (χ4v) is 2.51. The summed E-state index contributed by atoms with van der Waals surface area (Å²) < 4.78 is 0. The van der Waals surface area contributed by atoms with Gasteiger partial charge in [0.15, 0.2) is 0 Å². The molecule has 0 saturated carbocycles. The van der Waals surface area contributed by atoms with E-state index in [1.54, 1.807) is 0 Å². The number of urea groups is 1. The van der Waals surface area contributed by atoms with Gasteiger partial charge in [0.2, 0.25) is 5.91 Å². The van der Waals surface area contributed by atoms with Gasteiger partial charge in [-0.1, -0.05) is 60.7 Å². The lowest BCUT2D eigenvalue weighted by Gasteiger charge is -2.17. The number of rotatable bonds is 3. The highest BCUT2D eigenvalue weighted by Crippen LogP contribution is 2.25. The highest BCUT2D eigenvalue weighted by atomic mass is 16.2. The number of imide groups is 1. The van der Waals surface area contributed by atoms with Crippen molar-refractivity contribution < 1.29 is 9.59 Å². The molecule has 0 radical (unpaired) electrons. The van der Waals surface area contributed by atoms with Crippen molar-refractivity contribution in [2.75, 3.05) is 6.54 Å². The first-order valence-corrected chi connectivity index (χ1v) is 7.31. The predicted molar refractivity (Wildman–Crippen MR) is 84.4 cm³/mol. The van der Waals surface area contributed by atoms with Crippen LogP contribution in [0.1, 0.15) is 17.0 Å². The third kappa shape index (κ3) is 3.22. The molecule has 5 heteroatoms. The van der Waals surface area contributed by atoms with Crippen molar-refractivity contribution in [3.05, 3.63) is 71.8 Å². The Labute approximate surface area is 134 Å². The number of amides is 3. The first-order valence-electron chi connectivity index (χ1n) is 7.31. The zero-order chi connectivity index (χ0) is 16.2. The quantitative estimate of drug-likeness (QED) is 0.884. The minimum Gasteiger partial charge on any atom is -0.303 e. The number of nitrogens with zero attached hydrogens (tertiary/aromatic N) is 2. The molecule has 0 aliphatic carbocycles. The summed E-state index contributed by atoms with van der Waals surface area (Å²) in [6.07, 6.45) is 0. The number of carbonyl (C=O) groups excluding carboxylic acids is 2. The average Bonchev–Trinajstić information content (AvgIpc) is 3.37. The van der Waals surface area contributed by atoms with Crippen LogP contribution < -0.4 is 5.32 Å². The molecule has 0 bridgehead atoms. The lowest BCUT2D eigenvalue weighted by Crippen LogP contribution is -2.38. The van der Waals surface area contributed by atoms with Gasteiger partial charge in [-0.15, -0.1) is 0 Å². The van der Waals surface area contributed by atoms with E-state index in [9.17, 15) is 9.59 Å². The summed E-state index contributed by atoms with van der Waals surface area (Å²) in [5, 5.41) is 11.2. The van der Waals surface area contributed by atoms with Crippen LogP contribution >= 0.6 is 0 Å². The highest BCUT2D eigenvalue weighted by molar-refractivity contribution is 6.00. The van der Waals surface area contributed by atoms with E-state index in [1.807, 2.05) is 66.7 Å². The molecular weight excluding hydrogens is 290 g/mol. The number of nitriles is 1. The average molecular weight is 305 g/mol. The van der Waals surface area contributed by atoms with Crippen LogP contribution in [0.3, 0.4) is 0 Å². The minimum absolute atomic E-state index is 0.372. The fourth-order valence-electron chi connectivity index (χ4n) is 2.51. The van der Waals surface area contributed by atoms with E-state index in [1.165, 1.54) is 4.90 Å². The van der Waals surface area contributed by atoms with E-state index in [4.69, 9.17) is 5.26 Å². The lowest BCUT2D eigenvalue weighted by atomic mass is 9.90. The third-order valence-corrected chi connectivity index (χ3v) is 3.78. The van der Waals surface area contributed by atoms with Crippen LogP contribution in [-0.2, 0) is 4.79 Å². The Balaban J connectivity index is 1.83. The predicted octanol–water partition coefficient (Wildman–Crippen LogP) is 2.26. The maximum Gasteiger partial charge on any atom is 0.325 e. The van der Waals surface area contributed by atoms with Crippen molar-refractivity contribution >= 4 is 11.9 Å². The van der Waals surface area contributed by atoms with Gasteiger partial charge < -0.3 is 4.90 Å². The second-order valence-electron chi connectivity index (χ2n) is 5.35. The van der Waals surface area contributed by atoms with E-state index in [2.05, 4.69) is 5.32 Å². The number of benzene rings is 2. The Bertz CT molecular complexity index is 713. The molecule has 1 fully saturated rings. The summed E-state index contributed by atoms with van der Waals surface area (Å²) in [4.78, 5) is 26.0. The molecule has 1 aliphatic heterocycles. The van der Waals surface area contributed by atoms with Crippen LogP contribution in [0.2, 0.25) is 0 Å². The summed E-state index contributed by atoms with van der Waals surface area (Å²) in [6, 6.07) is 19.7. The van der Waals surface area contributed by atoms with Gasteiger partial charge >= 0.3 is 6.03 Å². The van der Waals surface area contributed by atoms with E-state index in [0.717, 1.165) is 11.1 Å². The molecule has 1 aliphatic rings. The summed E-state index contributed by atoms with van der Waals surface area (Å²) >= 11 is 0. The molecule has 2 aromatic rings. The Morgan fingerprint density at radius 2 is 1.57 bits per heavy atom. The molecule has 3 amide bonds. The first-order chi connectivity index (χ1) is 11.2. The summed E-state index contributed by atoms with van der Waals surface area (Å²) in [7, 11) is 0. The maximum atomic E-state index is 12.6. The largest absolute Gasteiger partial charge is 0.325 e. The Hall–Kier alpha value is -3.13.